The van der Waals surface area contributed by atoms with E-state index in [-0.39, 0.29) is 11.5 Å². The van der Waals surface area contributed by atoms with E-state index in [1.165, 1.54) is 5.56 Å². The minimum atomic E-state index is -0.0733. The number of nitrogens with one attached hydrogen (secondary N) is 1. The summed E-state index contributed by atoms with van der Waals surface area (Å²) in [6.07, 6.45) is 0.663. The first-order chi connectivity index (χ1) is 8.54. The Balaban J connectivity index is 2.28. The quantitative estimate of drug-likeness (QED) is 0.899. The molecule has 1 aromatic carbocycles. The van der Waals surface area contributed by atoms with E-state index in [0.29, 0.717) is 6.42 Å². The minimum absolute atomic E-state index is 0.0733. The second kappa shape index (κ2) is 5.17. The van der Waals surface area contributed by atoms with Crippen molar-refractivity contribution in [3.63, 3.8) is 0 Å². The number of nitrogens with zero attached hydrogens (tertiary/aromatic N) is 1. The molecular weight excluding hydrogens is 224 g/mol. The zero-order valence-corrected chi connectivity index (χ0v) is 11.0. The molecule has 0 saturated carbocycles. The molecule has 0 amide bonds. The van der Waals surface area contributed by atoms with Gasteiger partial charge in [-0.05, 0) is 18.4 Å². The van der Waals surface area contributed by atoms with Crippen LogP contribution in [0, 0.1) is 6.92 Å². The van der Waals surface area contributed by atoms with Gasteiger partial charge in [-0.1, -0.05) is 43.7 Å². The maximum atomic E-state index is 11.6. The number of aryl methyl sites for hydroxylation is 1. The number of H-pyrrole nitrogens is 1. The van der Waals surface area contributed by atoms with Crippen LogP contribution in [0.4, 0.5) is 0 Å². The molecule has 1 N–H and O–H groups in total. The highest BCUT2D eigenvalue weighted by atomic mass is 16.1. The normalized spacial score (nSPS) is 10.9. The molecule has 1 aromatic heterocycles. The molecule has 0 atom stereocenters. The number of rotatable bonds is 3. The van der Waals surface area contributed by atoms with Gasteiger partial charge >= 0.3 is 0 Å². The van der Waals surface area contributed by atoms with Crippen molar-refractivity contribution in [2.45, 2.75) is 33.1 Å². The highest BCUT2D eigenvalue weighted by Crippen LogP contribution is 2.11. The molecule has 18 heavy (non-hydrogen) atoms. The summed E-state index contributed by atoms with van der Waals surface area (Å²) < 4.78 is 0. The first-order valence-corrected chi connectivity index (χ1v) is 6.20. The molecular formula is C15H18N2O. The van der Waals surface area contributed by atoms with Gasteiger partial charge in [-0.15, -0.1) is 0 Å². The number of benzene rings is 1. The van der Waals surface area contributed by atoms with Crippen LogP contribution < -0.4 is 5.56 Å². The van der Waals surface area contributed by atoms with Gasteiger partial charge in [0.05, 0.1) is 5.69 Å². The van der Waals surface area contributed by atoms with Gasteiger partial charge in [0.2, 0.25) is 0 Å². The molecule has 3 nitrogen and oxygen atoms in total. The van der Waals surface area contributed by atoms with E-state index in [1.807, 2.05) is 13.8 Å². The van der Waals surface area contributed by atoms with Gasteiger partial charge in [0.15, 0.2) is 0 Å². The van der Waals surface area contributed by atoms with E-state index < -0.39 is 0 Å². The number of aromatic nitrogens is 2. The second-order valence-electron chi connectivity index (χ2n) is 4.93. The maximum absolute atomic E-state index is 11.6. The predicted molar refractivity (Wildman–Crippen MR) is 72.9 cm³/mol. The fourth-order valence-corrected chi connectivity index (χ4v) is 1.81. The van der Waals surface area contributed by atoms with Crippen LogP contribution >= 0.6 is 0 Å². The van der Waals surface area contributed by atoms with Gasteiger partial charge in [0.1, 0.15) is 5.82 Å². The second-order valence-corrected chi connectivity index (χ2v) is 4.93. The highest BCUT2D eigenvalue weighted by molar-refractivity contribution is 5.24. The number of hydrogen-bond acceptors (Lipinski definition) is 2. The summed E-state index contributed by atoms with van der Waals surface area (Å²) in [6.45, 7) is 6.14. The van der Waals surface area contributed by atoms with Crippen LogP contribution in [0.1, 0.15) is 42.4 Å². The van der Waals surface area contributed by atoms with Crippen LogP contribution in [-0.2, 0) is 6.42 Å². The fraction of sp³-hybridized carbons (Fsp3) is 0.333. The molecule has 0 radical (unpaired) electrons. The van der Waals surface area contributed by atoms with Gasteiger partial charge in [-0.3, -0.25) is 4.79 Å². The first-order valence-electron chi connectivity index (χ1n) is 6.20. The SMILES string of the molecule is Cc1ccc(Cc2nc(C(C)C)cc(=O)[nH]2)cc1. The molecule has 2 aromatic rings. The molecule has 0 bridgehead atoms. The van der Waals surface area contributed by atoms with Crippen LogP contribution in [0.3, 0.4) is 0 Å². The van der Waals surface area contributed by atoms with Crippen molar-refractivity contribution >= 4 is 0 Å². The molecule has 0 fully saturated rings. The maximum Gasteiger partial charge on any atom is 0.251 e. The van der Waals surface area contributed by atoms with Crippen LogP contribution in [0.5, 0.6) is 0 Å². The Labute approximate surface area is 107 Å². The molecule has 0 aliphatic carbocycles. The summed E-state index contributed by atoms with van der Waals surface area (Å²) in [7, 11) is 0. The average molecular weight is 242 g/mol. The predicted octanol–water partition coefficient (Wildman–Crippen LogP) is 2.79. The lowest BCUT2D eigenvalue weighted by Gasteiger charge is -2.07. The van der Waals surface area contributed by atoms with Gasteiger partial charge in [0.25, 0.3) is 5.56 Å². The molecule has 0 aliphatic rings. The van der Waals surface area contributed by atoms with Crippen molar-refractivity contribution in [1.29, 1.82) is 0 Å². The monoisotopic (exact) mass is 242 g/mol. The van der Waals surface area contributed by atoms with Crippen molar-refractivity contribution < 1.29 is 0 Å². The summed E-state index contributed by atoms with van der Waals surface area (Å²) >= 11 is 0. The lowest BCUT2D eigenvalue weighted by Crippen LogP contribution is -2.13. The van der Waals surface area contributed by atoms with Crippen molar-refractivity contribution in [3.05, 3.63) is 63.3 Å². The van der Waals surface area contributed by atoms with E-state index in [4.69, 9.17) is 0 Å². The number of hydrogen-bond donors (Lipinski definition) is 1. The summed E-state index contributed by atoms with van der Waals surface area (Å²) in [5.74, 6) is 0.999. The zero-order chi connectivity index (χ0) is 13.1. The third kappa shape index (κ3) is 3.06. The van der Waals surface area contributed by atoms with Crippen molar-refractivity contribution in [2.75, 3.05) is 0 Å². The van der Waals surface area contributed by atoms with Crippen LogP contribution in [0.25, 0.3) is 0 Å². The summed E-state index contributed by atoms with van der Waals surface area (Å²) in [6, 6.07) is 9.84. The van der Waals surface area contributed by atoms with Gasteiger partial charge in [-0.25, -0.2) is 4.98 Å². The van der Waals surface area contributed by atoms with Gasteiger partial charge in [0, 0.05) is 12.5 Å². The van der Waals surface area contributed by atoms with E-state index in [0.717, 1.165) is 17.1 Å². The van der Waals surface area contributed by atoms with Gasteiger partial charge in [-0.2, -0.15) is 0 Å². The van der Waals surface area contributed by atoms with Crippen LogP contribution in [-0.4, -0.2) is 9.97 Å². The number of aromatic amines is 1. The van der Waals surface area contributed by atoms with Crippen molar-refractivity contribution in [2.24, 2.45) is 0 Å². The van der Waals surface area contributed by atoms with E-state index >= 15 is 0 Å². The summed E-state index contributed by atoms with van der Waals surface area (Å²) in [5.41, 5.74) is 3.16. The van der Waals surface area contributed by atoms with Crippen molar-refractivity contribution in [1.82, 2.24) is 9.97 Å². The van der Waals surface area contributed by atoms with Crippen molar-refractivity contribution in [3.8, 4) is 0 Å². The lowest BCUT2D eigenvalue weighted by molar-refractivity contribution is 0.784. The van der Waals surface area contributed by atoms with Crippen LogP contribution in [0.2, 0.25) is 0 Å². The molecule has 0 aliphatic heterocycles. The third-order valence-electron chi connectivity index (χ3n) is 2.89. The van der Waals surface area contributed by atoms with E-state index in [1.54, 1.807) is 6.07 Å². The first kappa shape index (κ1) is 12.6. The molecule has 0 saturated heterocycles. The smallest absolute Gasteiger partial charge is 0.251 e. The van der Waals surface area contributed by atoms with Gasteiger partial charge < -0.3 is 4.98 Å². The highest BCUT2D eigenvalue weighted by Gasteiger charge is 2.05. The Morgan fingerprint density at radius 2 is 1.89 bits per heavy atom. The van der Waals surface area contributed by atoms with E-state index in [9.17, 15) is 4.79 Å². The zero-order valence-electron chi connectivity index (χ0n) is 11.0. The molecule has 2 rings (SSSR count). The fourth-order valence-electron chi connectivity index (χ4n) is 1.81. The standard InChI is InChI=1S/C15H18N2O/c1-10(2)13-9-15(18)17-14(16-13)8-12-6-4-11(3)5-7-12/h4-7,9-10H,8H2,1-3H3,(H,16,17,18). The summed E-state index contributed by atoms with van der Waals surface area (Å²) in [4.78, 5) is 18.9. The lowest BCUT2D eigenvalue weighted by atomic mass is 10.1. The molecule has 0 spiro atoms. The Hall–Kier alpha value is -1.90. The Morgan fingerprint density at radius 1 is 1.22 bits per heavy atom. The third-order valence-corrected chi connectivity index (χ3v) is 2.89. The topological polar surface area (TPSA) is 45.8 Å². The minimum Gasteiger partial charge on any atom is -0.310 e. The molecule has 1 heterocycles. The Kier molecular flexibility index (Phi) is 3.60. The Bertz CT molecular complexity index is 582. The Morgan fingerprint density at radius 3 is 2.50 bits per heavy atom. The average Bonchev–Trinajstić information content (AvgIpc) is 2.31. The summed E-state index contributed by atoms with van der Waals surface area (Å²) in [5, 5.41) is 0. The molecule has 3 heteroatoms. The molecule has 0 unspecified atom stereocenters. The van der Waals surface area contributed by atoms with E-state index in [2.05, 4.69) is 41.2 Å². The van der Waals surface area contributed by atoms with Crippen LogP contribution in [0.15, 0.2) is 35.1 Å². The molecule has 94 valence electrons. The largest absolute Gasteiger partial charge is 0.310 e.